The molecule has 0 bridgehead atoms. The molecule has 5 rings (SSSR count). The molecule has 34 heavy (non-hydrogen) atoms. The van der Waals surface area contributed by atoms with Gasteiger partial charge in [0.15, 0.2) is 22.4 Å². The normalized spacial score (nSPS) is 18.0. The summed E-state index contributed by atoms with van der Waals surface area (Å²) in [4.78, 5) is 31.5. The van der Waals surface area contributed by atoms with Gasteiger partial charge in [0.05, 0.1) is 30.4 Å². The summed E-state index contributed by atoms with van der Waals surface area (Å²) in [5, 5.41) is 6.83. The SMILES string of the molecule is COc1cccc(C2C(C(=O)Nc3nc4ccccc4s3)=C(C)NC3=C2C(=O)CCC3)c1OC. The van der Waals surface area contributed by atoms with Gasteiger partial charge in [0.1, 0.15) is 0 Å². The number of hydrogen-bond acceptors (Lipinski definition) is 7. The van der Waals surface area contributed by atoms with Crippen LogP contribution in [-0.2, 0) is 9.59 Å². The van der Waals surface area contributed by atoms with Gasteiger partial charge < -0.3 is 14.8 Å². The molecule has 1 atom stereocenters. The summed E-state index contributed by atoms with van der Waals surface area (Å²) in [6.45, 7) is 1.87. The second kappa shape index (κ2) is 8.95. The van der Waals surface area contributed by atoms with Crippen LogP contribution in [0.5, 0.6) is 11.5 Å². The number of carbonyl (C=O) groups excluding carboxylic acids is 2. The van der Waals surface area contributed by atoms with Gasteiger partial charge >= 0.3 is 0 Å². The van der Waals surface area contributed by atoms with Crippen LogP contribution in [0, 0.1) is 0 Å². The van der Waals surface area contributed by atoms with Crippen molar-refractivity contribution in [1.29, 1.82) is 0 Å². The molecular formula is C26H25N3O4S. The van der Waals surface area contributed by atoms with E-state index in [1.807, 2.05) is 43.3 Å². The van der Waals surface area contributed by atoms with Crippen LogP contribution in [-0.4, -0.2) is 30.9 Å². The lowest BCUT2D eigenvalue weighted by Crippen LogP contribution is -2.35. The number of fused-ring (bicyclic) bond motifs is 1. The van der Waals surface area contributed by atoms with Crippen molar-refractivity contribution in [2.75, 3.05) is 19.5 Å². The van der Waals surface area contributed by atoms with E-state index in [9.17, 15) is 9.59 Å². The van der Waals surface area contributed by atoms with E-state index >= 15 is 0 Å². The van der Waals surface area contributed by atoms with Gasteiger partial charge in [-0.25, -0.2) is 4.98 Å². The summed E-state index contributed by atoms with van der Waals surface area (Å²) < 4.78 is 12.2. The number of nitrogens with zero attached hydrogens (tertiary/aromatic N) is 1. The van der Waals surface area contributed by atoms with Crippen LogP contribution in [0.3, 0.4) is 0 Å². The van der Waals surface area contributed by atoms with E-state index in [2.05, 4.69) is 15.6 Å². The highest BCUT2D eigenvalue weighted by Crippen LogP contribution is 2.47. The molecule has 0 fully saturated rings. The van der Waals surface area contributed by atoms with Gasteiger partial charge in [-0.3, -0.25) is 14.9 Å². The van der Waals surface area contributed by atoms with Gasteiger partial charge in [-0.15, -0.1) is 0 Å². The van der Waals surface area contributed by atoms with Crippen molar-refractivity contribution in [1.82, 2.24) is 10.3 Å². The smallest absolute Gasteiger partial charge is 0.256 e. The van der Waals surface area contributed by atoms with E-state index in [4.69, 9.17) is 9.47 Å². The summed E-state index contributed by atoms with van der Waals surface area (Å²) in [5.41, 5.74) is 4.23. The van der Waals surface area contributed by atoms with E-state index in [1.165, 1.54) is 11.3 Å². The maximum atomic E-state index is 13.7. The van der Waals surface area contributed by atoms with E-state index in [-0.39, 0.29) is 11.7 Å². The van der Waals surface area contributed by atoms with Gasteiger partial charge in [0, 0.05) is 34.5 Å². The quantitative estimate of drug-likeness (QED) is 0.545. The molecule has 1 aliphatic heterocycles. The number of ether oxygens (including phenoxy) is 2. The minimum atomic E-state index is -0.580. The third-order valence-electron chi connectivity index (χ3n) is 6.28. The number of benzene rings is 2. The molecule has 0 saturated carbocycles. The second-order valence-corrected chi connectivity index (χ2v) is 9.32. The number of hydrogen-bond donors (Lipinski definition) is 2. The molecular weight excluding hydrogens is 450 g/mol. The number of methoxy groups -OCH3 is 2. The monoisotopic (exact) mass is 475 g/mol. The summed E-state index contributed by atoms with van der Waals surface area (Å²) in [6.07, 6.45) is 2.00. The first kappa shape index (κ1) is 22.2. The number of thiazole rings is 1. The Morgan fingerprint density at radius 2 is 1.94 bits per heavy atom. The van der Waals surface area contributed by atoms with Crippen LogP contribution in [0.1, 0.15) is 37.7 Å². The van der Waals surface area contributed by atoms with Crippen molar-refractivity contribution >= 4 is 38.4 Å². The van der Waals surface area contributed by atoms with Crippen molar-refractivity contribution in [3.63, 3.8) is 0 Å². The number of dihydropyridines is 1. The molecule has 174 valence electrons. The van der Waals surface area contributed by atoms with Crippen molar-refractivity contribution in [3.05, 3.63) is 70.6 Å². The predicted molar refractivity (Wildman–Crippen MR) is 132 cm³/mol. The first-order valence-electron chi connectivity index (χ1n) is 11.1. The fourth-order valence-electron chi connectivity index (χ4n) is 4.82. The Balaban J connectivity index is 1.62. The fraction of sp³-hybridized carbons (Fsp3) is 0.269. The molecule has 3 aromatic rings. The zero-order chi connectivity index (χ0) is 23.8. The summed E-state index contributed by atoms with van der Waals surface area (Å²) >= 11 is 1.42. The topological polar surface area (TPSA) is 89.5 Å². The van der Waals surface area contributed by atoms with Gasteiger partial charge in [-0.1, -0.05) is 35.6 Å². The lowest BCUT2D eigenvalue weighted by molar-refractivity contribution is -0.116. The van der Waals surface area contributed by atoms with Crippen LogP contribution >= 0.6 is 11.3 Å². The molecule has 0 radical (unpaired) electrons. The highest BCUT2D eigenvalue weighted by molar-refractivity contribution is 7.22. The first-order chi connectivity index (χ1) is 16.5. The zero-order valence-electron chi connectivity index (χ0n) is 19.2. The maximum Gasteiger partial charge on any atom is 0.256 e. The Morgan fingerprint density at radius 3 is 2.71 bits per heavy atom. The fourth-order valence-corrected chi connectivity index (χ4v) is 5.69. The lowest BCUT2D eigenvalue weighted by atomic mass is 9.74. The largest absolute Gasteiger partial charge is 0.493 e. The summed E-state index contributed by atoms with van der Waals surface area (Å²) in [5.74, 6) is 0.224. The van der Waals surface area contributed by atoms with Crippen molar-refractivity contribution in [3.8, 4) is 11.5 Å². The highest BCUT2D eigenvalue weighted by atomic mass is 32.1. The lowest BCUT2D eigenvalue weighted by Gasteiger charge is -2.35. The van der Waals surface area contributed by atoms with Crippen LogP contribution in [0.2, 0.25) is 0 Å². The average molecular weight is 476 g/mol. The van der Waals surface area contributed by atoms with Gasteiger partial charge in [0.25, 0.3) is 5.91 Å². The number of nitrogens with one attached hydrogen (secondary N) is 2. The van der Waals surface area contributed by atoms with Gasteiger partial charge in [-0.2, -0.15) is 0 Å². The van der Waals surface area contributed by atoms with E-state index in [1.54, 1.807) is 20.3 Å². The Kier molecular flexibility index (Phi) is 5.83. The number of amides is 1. The predicted octanol–water partition coefficient (Wildman–Crippen LogP) is 4.92. The Bertz CT molecular complexity index is 1340. The first-order valence-corrected chi connectivity index (χ1v) is 11.9. The molecule has 2 aliphatic rings. The number of Topliss-reactive ketones (excluding diaryl/α,β-unsaturated/α-hetero) is 1. The van der Waals surface area contributed by atoms with Crippen molar-refractivity contribution in [2.24, 2.45) is 0 Å². The minimum Gasteiger partial charge on any atom is -0.493 e. The Labute approximate surface area is 201 Å². The third-order valence-corrected chi connectivity index (χ3v) is 7.23. The molecule has 8 heteroatoms. The molecule has 7 nitrogen and oxygen atoms in total. The molecule has 0 spiro atoms. The Morgan fingerprint density at radius 1 is 1.12 bits per heavy atom. The van der Waals surface area contributed by atoms with E-state index in [0.717, 1.165) is 34.3 Å². The molecule has 0 saturated heterocycles. The van der Waals surface area contributed by atoms with Crippen LogP contribution in [0.25, 0.3) is 10.2 Å². The van der Waals surface area contributed by atoms with Crippen LogP contribution in [0.4, 0.5) is 5.13 Å². The van der Waals surface area contributed by atoms with Gasteiger partial charge in [0.2, 0.25) is 0 Å². The third kappa shape index (κ3) is 3.74. The maximum absolute atomic E-state index is 13.7. The number of para-hydroxylation sites is 2. The molecule has 1 unspecified atom stereocenters. The molecule has 2 aromatic carbocycles. The number of rotatable bonds is 5. The minimum absolute atomic E-state index is 0.0430. The van der Waals surface area contributed by atoms with Crippen molar-refractivity contribution < 1.29 is 19.1 Å². The van der Waals surface area contributed by atoms with Crippen LogP contribution in [0.15, 0.2) is 65.0 Å². The summed E-state index contributed by atoms with van der Waals surface area (Å²) in [6, 6.07) is 13.3. The molecule has 2 heterocycles. The standard InChI is InChI=1S/C26H25N3O4S/c1-14-21(25(31)29-26-28-16-9-4-5-13-20(16)34-26)22(23-17(27-14)10-7-11-18(23)30)15-8-6-12-19(32-2)24(15)33-3/h4-6,8-9,12-13,22,27H,7,10-11H2,1-3H3,(H,28,29,31). The number of allylic oxidation sites excluding steroid dienone is 3. The van der Waals surface area contributed by atoms with Crippen molar-refractivity contribution in [2.45, 2.75) is 32.1 Å². The Hall–Kier alpha value is -3.65. The number of anilines is 1. The molecule has 2 N–H and O–H groups in total. The molecule has 1 aromatic heterocycles. The van der Waals surface area contributed by atoms with Crippen LogP contribution < -0.4 is 20.1 Å². The highest BCUT2D eigenvalue weighted by Gasteiger charge is 2.40. The number of aromatic nitrogens is 1. The number of ketones is 1. The number of carbonyl (C=O) groups is 2. The summed E-state index contributed by atoms with van der Waals surface area (Å²) in [7, 11) is 3.14. The van der Waals surface area contributed by atoms with E-state index < -0.39 is 5.92 Å². The zero-order valence-corrected chi connectivity index (χ0v) is 20.0. The molecule has 1 amide bonds. The van der Waals surface area contributed by atoms with E-state index in [0.29, 0.717) is 39.9 Å². The molecule has 1 aliphatic carbocycles. The average Bonchev–Trinajstić information content (AvgIpc) is 3.24. The van der Waals surface area contributed by atoms with Gasteiger partial charge in [-0.05, 0) is 38.0 Å². The second-order valence-electron chi connectivity index (χ2n) is 8.29.